The second kappa shape index (κ2) is 10.1. The molecule has 3 aliphatic rings. The fourth-order valence-electron chi connectivity index (χ4n) is 4.72. The Balaban J connectivity index is 1.32. The van der Waals surface area contributed by atoms with E-state index in [4.69, 9.17) is 10.1 Å². The molecular formula is C29H29N8O+. The van der Waals surface area contributed by atoms with Gasteiger partial charge >= 0.3 is 0 Å². The number of aliphatic imine (C=N–C) groups is 1. The summed E-state index contributed by atoms with van der Waals surface area (Å²) in [6, 6.07) is 14.0. The summed E-state index contributed by atoms with van der Waals surface area (Å²) in [4.78, 5) is 31.4. The number of carbonyl (C=O) groups excluding carboxylic acids is 1. The maximum Gasteiger partial charge on any atom is 0.280 e. The second-order valence-electron chi connectivity index (χ2n) is 9.93. The van der Waals surface area contributed by atoms with Crippen LogP contribution in [0.1, 0.15) is 46.9 Å². The minimum Gasteiger partial charge on any atom is -0.351 e. The van der Waals surface area contributed by atoms with E-state index in [2.05, 4.69) is 43.8 Å². The number of nitrogens with one attached hydrogen (secondary N) is 2. The van der Waals surface area contributed by atoms with Gasteiger partial charge in [-0.15, -0.1) is 4.59 Å². The number of hydrogen-bond donors (Lipinski definition) is 2. The van der Waals surface area contributed by atoms with Gasteiger partial charge in [-0.1, -0.05) is 41.5 Å². The molecule has 1 aromatic carbocycles. The van der Waals surface area contributed by atoms with Crippen molar-refractivity contribution in [2.24, 2.45) is 10.1 Å². The summed E-state index contributed by atoms with van der Waals surface area (Å²) >= 11 is 0. The number of carbonyl (C=O) groups is 1. The lowest BCUT2D eigenvalue weighted by Crippen LogP contribution is -2.43. The van der Waals surface area contributed by atoms with E-state index in [1.165, 1.54) is 6.33 Å². The maximum atomic E-state index is 13.8. The molecule has 1 saturated carbocycles. The number of pyridine rings is 1. The number of aromatic nitrogens is 3. The molecule has 2 unspecified atom stereocenters. The van der Waals surface area contributed by atoms with E-state index in [0.29, 0.717) is 35.4 Å². The third-order valence-corrected chi connectivity index (χ3v) is 6.87. The largest absolute Gasteiger partial charge is 0.351 e. The fraction of sp³-hybridized carbons (Fsp3) is 0.241. The maximum absolute atomic E-state index is 13.8. The first-order chi connectivity index (χ1) is 18.6. The quantitative estimate of drug-likeness (QED) is 0.439. The van der Waals surface area contributed by atoms with Gasteiger partial charge in [0.2, 0.25) is 5.82 Å². The highest BCUT2D eigenvalue weighted by molar-refractivity contribution is 6.04. The molecular weight excluding hydrogens is 476 g/mol. The lowest BCUT2D eigenvalue weighted by molar-refractivity contribution is -0.892. The van der Waals surface area contributed by atoms with Gasteiger partial charge in [0.25, 0.3) is 5.91 Å². The van der Waals surface area contributed by atoms with Crippen LogP contribution in [0.4, 0.5) is 11.4 Å². The third-order valence-electron chi connectivity index (χ3n) is 6.87. The van der Waals surface area contributed by atoms with Gasteiger partial charge in [-0.25, -0.2) is 15.0 Å². The highest BCUT2D eigenvalue weighted by Gasteiger charge is 2.39. The summed E-state index contributed by atoms with van der Waals surface area (Å²) in [5, 5.41) is 11.5. The molecule has 9 heteroatoms. The summed E-state index contributed by atoms with van der Waals surface area (Å²) in [5.74, 6) is 0.804. The predicted molar refractivity (Wildman–Crippen MR) is 147 cm³/mol. The Morgan fingerprint density at radius 3 is 2.63 bits per heavy atom. The molecule has 0 bridgehead atoms. The van der Waals surface area contributed by atoms with Crippen molar-refractivity contribution in [2.75, 3.05) is 12.4 Å². The number of allylic oxidation sites excluding steroid dienone is 1. The molecule has 0 spiro atoms. The monoisotopic (exact) mass is 505 g/mol. The van der Waals surface area contributed by atoms with Crippen molar-refractivity contribution in [1.82, 2.24) is 20.3 Å². The van der Waals surface area contributed by atoms with Crippen LogP contribution in [-0.2, 0) is 6.54 Å². The molecule has 3 aromatic rings. The van der Waals surface area contributed by atoms with Crippen molar-refractivity contribution in [3.05, 3.63) is 102 Å². The molecule has 1 aliphatic carbocycles. The smallest absolute Gasteiger partial charge is 0.280 e. The first-order valence-corrected chi connectivity index (χ1v) is 12.8. The predicted octanol–water partition coefficient (Wildman–Crippen LogP) is 4.48. The van der Waals surface area contributed by atoms with Gasteiger partial charge in [0.15, 0.2) is 5.69 Å². The van der Waals surface area contributed by atoms with Crippen LogP contribution in [0.3, 0.4) is 0 Å². The first kappa shape index (κ1) is 23.9. The van der Waals surface area contributed by atoms with Gasteiger partial charge in [-0.2, -0.15) is 0 Å². The second-order valence-corrected chi connectivity index (χ2v) is 9.93. The topological polar surface area (TPSA) is 105 Å². The number of rotatable bonds is 8. The van der Waals surface area contributed by atoms with Gasteiger partial charge in [-0.3, -0.25) is 15.1 Å². The number of nitrogens with zero attached hydrogens (tertiary/aromatic N) is 6. The minimum absolute atomic E-state index is 0.0748. The molecule has 2 aromatic heterocycles. The van der Waals surface area contributed by atoms with E-state index in [0.717, 1.165) is 36.2 Å². The molecule has 0 saturated heterocycles. The summed E-state index contributed by atoms with van der Waals surface area (Å²) in [5.41, 5.74) is 4.51. The summed E-state index contributed by atoms with van der Waals surface area (Å²) < 4.78 is 0.179. The summed E-state index contributed by atoms with van der Waals surface area (Å²) in [6.07, 6.45) is 15.6. The standard InChI is InChI=1S/C29H28N8O/c1-37(18-20-7-3-2-4-8-20)27(15-26(36-37)24-9-5-6-14-32-24)35-29(38)28-25(33-22-16-30-19-31-17-22)13-12-23(34-28)21-10-11-21/h2-8,12-17,19,21,24H,9-11,18H2,1H3,(H-,33,35,36,38)/p+1. The zero-order chi connectivity index (χ0) is 26.0. The molecule has 1 fully saturated rings. The normalized spacial score (nSPS) is 22.1. The minimum atomic E-state index is -0.293. The van der Waals surface area contributed by atoms with Crippen LogP contribution in [0.5, 0.6) is 0 Å². The molecule has 9 nitrogen and oxygen atoms in total. The average molecular weight is 506 g/mol. The first-order valence-electron chi connectivity index (χ1n) is 12.8. The van der Waals surface area contributed by atoms with Crippen molar-refractivity contribution < 1.29 is 9.39 Å². The highest BCUT2D eigenvalue weighted by atomic mass is 16.2. The number of benzene rings is 1. The molecule has 190 valence electrons. The Hall–Kier alpha value is -4.50. The fourth-order valence-corrected chi connectivity index (χ4v) is 4.72. The Kier molecular flexibility index (Phi) is 6.35. The lowest BCUT2D eigenvalue weighted by atomic mass is 10.1. The lowest BCUT2D eigenvalue weighted by Gasteiger charge is -2.26. The molecule has 6 rings (SSSR count). The molecule has 2 atom stereocenters. The van der Waals surface area contributed by atoms with Crippen LogP contribution >= 0.6 is 0 Å². The van der Waals surface area contributed by atoms with Crippen LogP contribution < -0.4 is 10.6 Å². The van der Waals surface area contributed by atoms with Gasteiger partial charge < -0.3 is 5.32 Å². The van der Waals surface area contributed by atoms with Crippen LogP contribution in [0.25, 0.3) is 0 Å². The van der Waals surface area contributed by atoms with Gasteiger partial charge in [0, 0.05) is 29.5 Å². The molecule has 4 heterocycles. The van der Waals surface area contributed by atoms with Crippen molar-refractivity contribution in [2.45, 2.75) is 37.8 Å². The van der Waals surface area contributed by atoms with E-state index in [1.54, 1.807) is 18.6 Å². The average Bonchev–Trinajstić information content (AvgIpc) is 3.75. The zero-order valence-corrected chi connectivity index (χ0v) is 21.2. The molecule has 1 amide bonds. The van der Waals surface area contributed by atoms with E-state index in [-0.39, 0.29) is 16.5 Å². The van der Waals surface area contributed by atoms with Crippen LogP contribution in [0, 0.1) is 0 Å². The van der Waals surface area contributed by atoms with Crippen LogP contribution in [0.15, 0.2) is 95.3 Å². The summed E-state index contributed by atoms with van der Waals surface area (Å²) in [6.45, 7) is 0.588. The Morgan fingerprint density at radius 1 is 1.08 bits per heavy atom. The van der Waals surface area contributed by atoms with Gasteiger partial charge in [-0.05, 0) is 37.5 Å². The molecule has 38 heavy (non-hydrogen) atoms. The Morgan fingerprint density at radius 2 is 1.89 bits per heavy atom. The Bertz CT molecular complexity index is 1460. The van der Waals surface area contributed by atoms with E-state index in [9.17, 15) is 4.79 Å². The third kappa shape index (κ3) is 5.14. The number of amides is 1. The molecule has 2 aliphatic heterocycles. The van der Waals surface area contributed by atoms with Crippen molar-refractivity contribution >= 4 is 29.2 Å². The van der Waals surface area contributed by atoms with E-state index >= 15 is 0 Å². The summed E-state index contributed by atoms with van der Waals surface area (Å²) in [7, 11) is 2.00. The van der Waals surface area contributed by atoms with E-state index < -0.39 is 0 Å². The van der Waals surface area contributed by atoms with Crippen molar-refractivity contribution in [3.8, 4) is 0 Å². The van der Waals surface area contributed by atoms with E-state index in [1.807, 2.05) is 49.5 Å². The number of dihydropyridines is 1. The Labute approximate surface area is 221 Å². The number of hydrogen-bond acceptors (Lipinski definition) is 7. The molecule has 2 N–H and O–H groups in total. The van der Waals surface area contributed by atoms with Crippen molar-refractivity contribution in [3.63, 3.8) is 0 Å². The number of quaternary nitrogens is 1. The highest BCUT2D eigenvalue weighted by Crippen LogP contribution is 2.40. The van der Waals surface area contributed by atoms with Crippen LogP contribution in [0.2, 0.25) is 0 Å². The molecule has 0 radical (unpaired) electrons. The SMILES string of the molecule is C[N+]1(Cc2ccccc2)N=C(C2CC=CC=N2)C=C1NC(=O)c1nc(C2CC2)ccc1Nc1cncnc1. The van der Waals surface area contributed by atoms with Gasteiger partial charge in [0.05, 0.1) is 30.8 Å². The zero-order valence-electron chi connectivity index (χ0n) is 21.2. The number of anilines is 2. The van der Waals surface area contributed by atoms with Gasteiger partial charge in [0.1, 0.15) is 24.6 Å². The van der Waals surface area contributed by atoms with Crippen molar-refractivity contribution in [1.29, 1.82) is 0 Å². The van der Waals surface area contributed by atoms with Crippen LogP contribution in [-0.4, -0.2) is 50.5 Å².